The molecule has 0 aliphatic carbocycles. The Kier molecular flexibility index (Phi) is 8.16. The molecule has 0 aromatic rings. The molecule has 0 radical (unpaired) electrons. The van der Waals surface area contributed by atoms with Crippen LogP contribution in [0.3, 0.4) is 0 Å². The summed E-state index contributed by atoms with van der Waals surface area (Å²) in [6, 6.07) is 0.330. The summed E-state index contributed by atoms with van der Waals surface area (Å²) in [4.78, 5) is 15.7. The molecule has 2 N–H and O–H groups in total. The molecule has 2 atom stereocenters. The van der Waals surface area contributed by atoms with Gasteiger partial charge in [0, 0.05) is 12.6 Å². The molecule has 0 saturated heterocycles. The van der Waals surface area contributed by atoms with E-state index in [1.807, 2.05) is 13.8 Å². The molecule has 0 heterocycles. The Labute approximate surface area is 110 Å². The lowest BCUT2D eigenvalue weighted by atomic mass is 10.1. The Morgan fingerprint density at radius 3 is 2.33 bits per heavy atom. The zero-order valence-electron chi connectivity index (χ0n) is 12.4. The van der Waals surface area contributed by atoms with Crippen molar-refractivity contribution in [2.24, 2.45) is 16.8 Å². The van der Waals surface area contributed by atoms with Crippen molar-refractivity contribution in [1.82, 2.24) is 10.6 Å². The van der Waals surface area contributed by atoms with E-state index in [2.05, 4.69) is 41.1 Å². The first-order valence-electron chi connectivity index (χ1n) is 6.55. The molecule has 0 spiro atoms. The lowest BCUT2D eigenvalue weighted by Gasteiger charge is -2.21. The topological polar surface area (TPSA) is 62.7 Å². The number of nitrogens with zero attached hydrogens (tertiary/aromatic N) is 1. The zero-order valence-corrected chi connectivity index (χ0v) is 12.4. The van der Waals surface area contributed by atoms with E-state index in [1.165, 1.54) is 7.11 Å². The smallest absolute Gasteiger partial charge is 0.310 e. The summed E-state index contributed by atoms with van der Waals surface area (Å²) in [6.07, 6.45) is 0. The highest BCUT2D eigenvalue weighted by molar-refractivity contribution is 5.80. The Bertz CT molecular complexity index is 277. The van der Waals surface area contributed by atoms with Gasteiger partial charge in [-0.15, -0.1) is 0 Å². The summed E-state index contributed by atoms with van der Waals surface area (Å²) in [5.41, 5.74) is 0. The first kappa shape index (κ1) is 16.7. The van der Waals surface area contributed by atoms with Crippen LogP contribution in [0.2, 0.25) is 0 Å². The molecular weight excluding hydrogens is 230 g/mol. The Hall–Kier alpha value is -1.26. The van der Waals surface area contributed by atoms with Gasteiger partial charge >= 0.3 is 5.97 Å². The maximum absolute atomic E-state index is 11.3. The number of esters is 1. The fourth-order valence-corrected chi connectivity index (χ4v) is 1.21. The molecule has 0 amide bonds. The second-order valence-corrected chi connectivity index (χ2v) is 4.82. The van der Waals surface area contributed by atoms with Gasteiger partial charge in [0.2, 0.25) is 0 Å². The second-order valence-electron chi connectivity index (χ2n) is 4.82. The van der Waals surface area contributed by atoms with Crippen molar-refractivity contribution in [3.63, 3.8) is 0 Å². The van der Waals surface area contributed by atoms with Gasteiger partial charge in [0.15, 0.2) is 5.96 Å². The minimum atomic E-state index is -0.230. The molecule has 106 valence electrons. The number of carbonyl (C=O) groups excluding carboxylic acids is 1. The third kappa shape index (κ3) is 6.47. The normalized spacial score (nSPS) is 15.2. The molecule has 0 aliphatic rings. The van der Waals surface area contributed by atoms with Gasteiger partial charge in [-0.05, 0) is 19.8 Å². The quantitative estimate of drug-likeness (QED) is 0.429. The lowest BCUT2D eigenvalue weighted by molar-refractivity contribution is -0.144. The van der Waals surface area contributed by atoms with Gasteiger partial charge in [-0.25, -0.2) is 0 Å². The van der Waals surface area contributed by atoms with E-state index in [4.69, 9.17) is 0 Å². The minimum absolute atomic E-state index is 0.222. The lowest BCUT2D eigenvalue weighted by Crippen LogP contribution is -2.44. The SMILES string of the molecule is CCNC(=NCC(C)C(=O)OC)NC(C)C(C)C. The maximum atomic E-state index is 11.3. The second kappa shape index (κ2) is 8.78. The van der Waals surface area contributed by atoms with E-state index in [-0.39, 0.29) is 11.9 Å². The van der Waals surface area contributed by atoms with E-state index in [9.17, 15) is 4.79 Å². The predicted molar refractivity (Wildman–Crippen MR) is 74.6 cm³/mol. The summed E-state index contributed by atoms with van der Waals surface area (Å²) < 4.78 is 4.67. The summed E-state index contributed by atoms with van der Waals surface area (Å²) in [7, 11) is 1.40. The van der Waals surface area contributed by atoms with E-state index >= 15 is 0 Å². The highest BCUT2D eigenvalue weighted by Gasteiger charge is 2.13. The molecule has 18 heavy (non-hydrogen) atoms. The van der Waals surface area contributed by atoms with Crippen LogP contribution in [-0.4, -0.2) is 38.2 Å². The molecule has 5 nitrogen and oxygen atoms in total. The number of nitrogens with one attached hydrogen (secondary N) is 2. The largest absolute Gasteiger partial charge is 0.469 e. The number of hydrogen-bond acceptors (Lipinski definition) is 3. The molecule has 2 unspecified atom stereocenters. The minimum Gasteiger partial charge on any atom is -0.469 e. The van der Waals surface area contributed by atoms with Crippen LogP contribution >= 0.6 is 0 Å². The summed E-state index contributed by atoms with van der Waals surface area (Å²) in [5.74, 6) is 0.813. The number of ether oxygens (including phenoxy) is 1. The number of rotatable bonds is 6. The molecule has 0 rings (SSSR count). The van der Waals surface area contributed by atoms with Gasteiger partial charge in [-0.2, -0.15) is 0 Å². The third-order valence-corrected chi connectivity index (χ3v) is 2.84. The van der Waals surface area contributed by atoms with Gasteiger partial charge in [-0.3, -0.25) is 9.79 Å². The van der Waals surface area contributed by atoms with Gasteiger partial charge in [0.1, 0.15) is 0 Å². The average molecular weight is 257 g/mol. The van der Waals surface area contributed by atoms with E-state index in [0.717, 1.165) is 12.5 Å². The highest BCUT2D eigenvalue weighted by Crippen LogP contribution is 2.01. The number of methoxy groups -OCH3 is 1. The maximum Gasteiger partial charge on any atom is 0.310 e. The van der Waals surface area contributed by atoms with Crippen molar-refractivity contribution < 1.29 is 9.53 Å². The van der Waals surface area contributed by atoms with Gasteiger partial charge < -0.3 is 15.4 Å². The fraction of sp³-hybridized carbons (Fsp3) is 0.846. The number of aliphatic imine (C=N–C) groups is 1. The fourth-order valence-electron chi connectivity index (χ4n) is 1.21. The monoisotopic (exact) mass is 257 g/mol. The van der Waals surface area contributed by atoms with E-state index in [1.54, 1.807) is 0 Å². The van der Waals surface area contributed by atoms with Gasteiger partial charge in [0.25, 0.3) is 0 Å². The molecule has 0 aliphatic heterocycles. The third-order valence-electron chi connectivity index (χ3n) is 2.84. The Morgan fingerprint density at radius 1 is 1.28 bits per heavy atom. The summed E-state index contributed by atoms with van der Waals surface area (Å²) in [6.45, 7) is 11.5. The summed E-state index contributed by atoms with van der Waals surface area (Å²) >= 11 is 0. The number of hydrogen-bond donors (Lipinski definition) is 2. The standard InChI is InChI=1S/C13H27N3O2/c1-7-14-13(16-11(5)9(2)3)15-8-10(4)12(17)18-6/h9-11H,7-8H2,1-6H3,(H2,14,15,16). The van der Waals surface area contributed by atoms with Crippen molar-refractivity contribution in [3.05, 3.63) is 0 Å². The van der Waals surface area contributed by atoms with E-state index in [0.29, 0.717) is 18.5 Å². The van der Waals surface area contributed by atoms with Crippen molar-refractivity contribution in [2.75, 3.05) is 20.2 Å². The molecule has 0 aromatic heterocycles. The van der Waals surface area contributed by atoms with Gasteiger partial charge in [0.05, 0.1) is 19.6 Å². The Morgan fingerprint density at radius 2 is 1.89 bits per heavy atom. The van der Waals surface area contributed by atoms with Crippen LogP contribution in [0.15, 0.2) is 4.99 Å². The highest BCUT2D eigenvalue weighted by atomic mass is 16.5. The molecular formula is C13H27N3O2. The first-order valence-corrected chi connectivity index (χ1v) is 6.55. The van der Waals surface area contributed by atoms with Gasteiger partial charge in [-0.1, -0.05) is 20.8 Å². The molecule has 0 fully saturated rings. The average Bonchev–Trinajstić information content (AvgIpc) is 2.34. The van der Waals surface area contributed by atoms with Crippen LogP contribution in [0, 0.1) is 11.8 Å². The molecule has 5 heteroatoms. The molecule has 0 saturated carbocycles. The number of carbonyl (C=O) groups is 1. The Balaban J connectivity index is 4.44. The van der Waals surface area contributed by atoms with Crippen LogP contribution in [0.1, 0.15) is 34.6 Å². The van der Waals surface area contributed by atoms with Crippen molar-refractivity contribution in [3.8, 4) is 0 Å². The molecule has 0 aromatic carbocycles. The van der Waals surface area contributed by atoms with Crippen LogP contribution in [0.5, 0.6) is 0 Å². The van der Waals surface area contributed by atoms with Crippen LogP contribution in [0.4, 0.5) is 0 Å². The van der Waals surface area contributed by atoms with E-state index < -0.39 is 0 Å². The zero-order chi connectivity index (χ0) is 14.1. The van der Waals surface area contributed by atoms with Crippen LogP contribution in [0.25, 0.3) is 0 Å². The first-order chi connectivity index (χ1) is 8.42. The predicted octanol–water partition coefficient (Wildman–Crippen LogP) is 1.40. The summed E-state index contributed by atoms with van der Waals surface area (Å²) in [5, 5.41) is 6.48. The number of guanidine groups is 1. The van der Waals surface area contributed by atoms with Crippen molar-refractivity contribution in [1.29, 1.82) is 0 Å². The van der Waals surface area contributed by atoms with Crippen LogP contribution < -0.4 is 10.6 Å². The van der Waals surface area contributed by atoms with Crippen LogP contribution in [-0.2, 0) is 9.53 Å². The molecule has 0 bridgehead atoms. The van der Waals surface area contributed by atoms with Crippen molar-refractivity contribution >= 4 is 11.9 Å². The van der Waals surface area contributed by atoms with Crippen molar-refractivity contribution in [2.45, 2.75) is 40.7 Å².